The van der Waals surface area contributed by atoms with Crippen molar-refractivity contribution < 1.29 is 9.59 Å². The highest BCUT2D eigenvalue weighted by atomic mass is 35.5. The van der Waals surface area contributed by atoms with Crippen LogP contribution in [0.5, 0.6) is 0 Å². The van der Waals surface area contributed by atoms with Crippen molar-refractivity contribution in [2.45, 2.75) is 25.8 Å². The van der Waals surface area contributed by atoms with Crippen molar-refractivity contribution in [2.24, 2.45) is 0 Å². The largest absolute Gasteiger partial charge is 0.345 e. The van der Waals surface area contributed by atoms with E-state index in [1.807, 2.05) is 13.0 Å². The van der Waals surface area contributed by atoms with Crippen LogP contribution in [0.1, 0.15) is 40.9 Å². The van der Waals surface area contributed by atoms with Gasteiger partial charge in [0, 0.05) is 27.7 Å². The number of hydrogen-bond acceptors (Lipinski definition) is 2. The third kappa shape index (κ3) is 3.55. The minimum atomic E-state index is -0.252. The molecule has 0 saturated heterocycles. The number of amides is 2. The number of rotatable bonds is 3. The van der Waals surface area contributed by atoms with Gasteiger partial charge in [0.2, 0.25) is 5.91 Å². The van der Waals surface area contributed by atoms with Gasteiger partial charge in [-0.05, 0) is 54.8 Å². The molecule has 4 nitrogen and oxygen atoms in total. The molecule has 1 unspecified atom stereocenters. The zero-order chi connectivity index (χ0) is 17.3. The molecule has 2 N–H and O–H groups in total. The van der Waals surface area contributed by atoms with Crippen molar-refractivity contribution in [3.8, 4) is 0 Å². The first-order valence-corrected chi connectivity index (χ1v) is 8.38. The lowest BCUT2D eigenvalue weighted by Crippen LogP contribution is -2.27. The molecule has 1 aliphatic heterocycles. The Balaban J connectivity index is 1.76. The van der Waals surface area contributed by atoms with E-state index in [4.69, 9.17) is 23.2 Å². The van der Waals surface area contributed by atoms with Crippen molar-refractivity contribution >= 4 is 40.7 Å². The van der Waals surface area contributed by atoms with Crippen LogP contribution in [0.3, 0.4) is 0 Å². The number of carbonyl (C=O) groups excluding carboxylic acids is 2. The third-order valence-corrected chi connectivity index (χ3v) is 4.60. The molecule has 24 heavy (non-hydrogen) atoms. The molecule has 2 amide bonds. The van der Waals surface area contributed by atoms with Crippen LogP contribution in [-0.2, 0) is 11.2 Å². The predicted octanol–water partition coefficient (Wildman–Crippen LogP) is 4.37. The molecule has 0 bridgehead atoms. The second-order valence-corrected chi connectivity index (χ2v) is 6.62. The Morgan fingerprint density at radius 2 is 1.96 bits per heavy atom. The second kappa shape index (κ2) is 6.83. The Morgan fingerprint density at radius 1 is 1.17 bits per heavy atom. The van der Waals surface area contributed by atoms with Crippen molar-refractivity contribution in [3.05, 3.63) is 63.1 Å². The minimum Gasteiger partial charge on any atom is -0.345 e. The van der Waals surface area contributed by atoms with Crippen LogP contribution in [0.25, 0.3) is 0 Å². The summed E-state index contributed by atoms with van der Waals surface area (Å²) in [5.41, 5.74) is 3.11. The van der Waals surface area contributed by atoms with Crippen LogP contribution in [0.15, 0.2) is 36.4 Å². The van der Waals surface area contributed by atoms with E-state index < -0.39 is 0 Å². The number of halogens is 2. The maximum Gasteiger partial charge on any atom is 0.251 e. The lowest BCUT2D eigenvalue weighted by atomic mass is 10.00. The quantitative estimate of drug-likeness (QED) is 0.851. The number of hydrogen-bond donors (Lipinski definition) is 2. The van der Waals surface area contributed by atoms with E-state index in [1.165, 1.54) is 0 Å². The van der Waals surface area contributed by atoms with Gasteiger partial charge in [-0.15, -0.1) is 0 Å². The van der Waals surface area contributed by atoms with E-state index in [0.29, 0.717) is 28.5 Å². The molecule has 1 heterocycles. The summed E-state index contributed by atoms with van der Waals surface area (Å²) in [7, 11) is 0. The van der Waals surface area contributed by atoms with Crippen LogP contribution in [-0.4, -0.2) is 11.8 Å². The highest BCUT2D eigenvalue weighted by molar-refractivity contribution is 6.35. The molecule has 0 spiro atoms. The van der Waals surface area contributed by atoms with Gasteiger partial charge in [-0.1, -0.05) is 29.3 Å². The molecule has 0 aromatic heterocycles. The molecule has 1 aliphatic rings. The SMILES string of the molecule is CC(NC(=O)c1ccc2c(c1)CCC(=O)N2)c1ccc(Cl)cc1Cl. The normalized spacial score (nSPS) is 14.5. The molecule has 0 aliphatic carbocycles. The molecular formula is C18H16Cl2N2O2. The van der Waals surface area contributed by atoms with Crippen LogP contribution >= 0.6 is 23.2 Å². The van der Waals surface area contributed by atoms with Gasteiger partial charge >= 0.3 is 0 Å². The molecule has 1 atom stereocenters. The first kappa shape index (κ1) is 16.8. The first-order chi connectivity index (χ1) is 11.4. The molecule has 3 rings (SSSR count). The molecule has 2 aromatic carbocycles. The van der Waals surface area contributed by atoms with Crippen molar-refractivity contribution in [1.82, 2.24) is 5.32 Å². The maximum absolute atomic E-state index is 12.5. The summed E-state index contributed by atoms with van der Waals surface area (Å²) in [6.45, 7) is 1.87. The highest BCUT2D eigenvalue weighted by Gasteiger charge is 2.18. The molecular weight excluding hydrogens is 347 g/mol. The van der Waals surface area contributed by atoms with Crippen molar-refractivity contribution in [2.75, 3.05) is 5.32 Å². The van der Waals surface area contributed by atoms with Gasteiger partial charge in [0.1, 0.15) is 0 Å². The first-order valence-electron chi connectivity index (χ1n) is 7.62. The number of nitrogens with one attached hydrogen (secondary N) is 2. The molecule has 2 aromatic rings. The molecule has 0 saturated carbocycles. The van der Waals surface area contributed by atoms with Crippen LogP contribution < -0.4 is 10.6 Å². The summed E-state index contributed by atoms with van der Waals surface area (Å²) < 4.78 is 0. The van der Waals surface area contributed by atoms with Crippen LogP contribution in [0, 0.1) is 0 Å². The van der Waals surface area contributed by atoms with Gasteiger partial charge in [0.15, 0.2) is 0 Å². The molecule has 0 fully saturated rings. The lowest BCUT2D eigenvalue weighted by Gasteiger charge is -2.19. The molecule has 124 valence electrons. The zero-order valence-electron chi connectivity index (χ0n) is 13.0. The van der Waals surface area contributed by atoms with E-state index in [9.17, 15) is 9.59 Å². The standard InChI is InChI=1S/C18H16Cl2N2O2/c1-10(14-5-4-13(19)9-15(14)20)21-18(24)12-2-6-16-11(8-12)3-7-17(23)22-16/h2,4-6,8-10H,3,7H2,1H3,(H,21,24)(H,22,23). The van der Waals surface area contributed by atoms with E-state index in [1.54, 1.807) is 30.3 Å². The summed E-state index contributed by atoms with van der Waals surface area (Å²) in [6.07, 6.45) is 1.08. The Kier molecular flexibility index (Phi) is 4.78. The van der Waals surface area contributed by atoms with Gasteiger partial charge in [0.25, 0.3) is 5.91 Å². The average molecular weight is 363 g/mol. The van der Waals surface area contributed by atoms with Crippen LogP contribution in [0.2, 0.25) is 10.0 Å². The summed E-state index contributed by atoms with van der Waals surface area (Å²) in [6, 6.07) is 10.2. The fraction of sp³-hybridized carbons (Fsp3) is 0.222. The third-order valence-electron chi connectivity index (χ3n) is 4.04. The monoisotopic (exact) mass is 362 g/mol. The number of fused-ring (bicyclic) bond motifs is 1. The fourth-order valence-electron chi connectivity index (χ4n) is 2.74. The second-order valence-electron chi connectivity index (χ2n) is 5.78. The van der Waals surface area contributed by atoms with Gasteiger partial charge in [0.05, 0.1) is 6.04 Å². The Labute approximate surface area is 150 Å². The topological polar surface area (TPSA) is 58.2 Å². The Bertz CT molecular complexity index is 821. The Morgan fingerprint density at radius 3 is 2.71 bits per heavy atom. The van der Waals surface area contributed by atoms with E-state index in [-0.39, 0.29) is 17.9 Å². The van der Waals surface area contributed by atoms with Crippen molar-refractivity contribution in [3.63, 3.8) is 0 Å². The summed E-state index contributed by atoms with van der Waals surface area (Å²) in [4.78, 5) is 23.9. The van der Waals surface area contributed by atoms with Gasteiger partial charge in [-0.25, -0.2) is 0 Å². The van der Waals surface area contributed by atoms with Gasteiger partial charge in [-0.3, -0.25) is 9.59 Å². The molecule has 0 radical (unpaired) electrons. The number of anilines is 1. The summed E-state index contributed by atoms with van der Waals surface area (Å²) in [5.74, 6) is -0.182. The number of benzene rings is 2. The van der Waals surface area contributed by atoms with Crippen LogP contribution in [0.4, 0.5) is 5.69 Å². The summed E-state index contributed by atoms with van der Waals surface area (Å²) in [5, 5.41) is 6.81. The number of carbonyl (C=O) groups is 2. The van der Waals surface area contributed by atoms with Crippen molar-refractivity contribution in [1.29, 1.82) is 0 Å². The van der Waals surface area contributed by atoms with Gasteiger partial charge < -0.3 is 10.6 Å². The highest BCUT2D eigenvalue weighted by Crippen LogP contribution is 2.27. The predicted molar refractivity (Wildman–Crippen MR) is 95.7 cm³/mol. The van der Waals surface area contributed by atoms with E-state index >= 15 is 0 Å². The van der Waals surface area contributed by atoms with E-state index in [2.05, 4.69) is 10.6 Å². The smallest absolute Gasteiger partial charge is 0.251 e. The molecule has 6 heteroatoms. The minimum absolute atomic E-state index is 0.00528. The number of aryl methyl sites for hydroxylation is 1. The lowest BCUT2D eigenvalue weighted by molar-refractivity contribution is -0.116. The van der Waals surface area contributed by atoms with E-state index in [0.717, 1.165) is 16.8 Å². The summed E-state index contributed by atoms with van der Waals surface area (Å²) >= 11 is 12.1. The average Bonchev–Trinajstić information content (AvgIpc) is 2.54. The van der Waals surface area contributed by atoms with Gasteiger partial charge in [-0.2, -0.15) is 0 Å². The maximum atomic E-state index is 12.5. The Hall–Kier alpha value is -2.04. The fourth-order valence-corrected chi connectivity index (χ4v) is 3.31. The zero-order valence-corrected chi connectivity index (χ0v) is 14.5.